The number of carbonyl (C=O) groups excluding carboxylic acids is 1. The Bertz CT molecular complexity index is 126. The molecule has 0 aromatic heterocycles. The van der Waals surface area contributed by atoms with Gasteiger partial charge in [-0.1, -0.05) is 0 Å². The summed E-state index contributed by atoms with van der Waals surface area (Å²) in [6.07, 6.45) is 0.479. The van der Waals surface area contributed by atoms with E-state index in [1.165, 1.54) is 0 Å². The van der Waals surface area contributed by atoms with Crippen LogP contribution in [0.15, 0.2) is 0 Å². The molecule has 0 spiro atoms. The van der Waals surface area contributed by atoms with Gasteiger partial charge in [-0.05, 0) is 28.2 Å². The maximum Gasteiger partial charge on any atom is 0.220 e. The molecule has 0 saturated heterocycles. The highest BCUT2D eigenvalue weighted by Crippen LogP contribution is 2.00. The van der Waals surface area contributed by atoms with Crippen LogP contribution in [0.3, 0.4) is 0 Å². The van der Waals surface area contributed by atoms with Gasteiger partial charge < -0.3 is 5.73 Å². The summed E-state index contributed by atoms with van der Waals surface area (Å²) in [6, 6.07) is 0. The van der Waals surface area contributed by atoms with E-state index in [0.29, 0.717) is 6.42 Å². The van der Waals surface area contributed by atoms with Crippen LogP contribution >= 0.6 is 0 Å². The predicted molar refractivity (Wildman–Crippen MR) is 45.0 cm³/mol. The van der Waals surface area contributed by atoms with E-state index in [1.54, 1.807) is 0 Å². The van der Waals surface area contributed by atoms with Crippen LogP contribution in [0.2, 0.25) is 0 Å². The van der Waals surface area contributed by atoms with Crippen LogP contribution in [0.1, 0.15) is 6.42 Å². The van der Waals surface area contributed by atoms with E-state index in [4.69, 9.17) is 5.73 Å². The lowest BCUT2D eigenvalue weighted by atomic mass is 10.3. The molecule has 0 radical (unpaired) electrons. The molecule has 0 aliphatic heterocycles. The van der Waals surface area contributed by atoms with E-state index in [0.717, 1.165) is 0 Å². The summed E-state index contributed by atoms with van der Waals surface area (Å²) in [6.45, 7) is 0. The van der Waals surface area contributed by atoms with Gasteiger partial charge in [0.2, 0.25) is 5.91 Å². The Morgan fingerprint density at radius 1 is 1.27 bits per heavy atom. The van der Waals surface area contributed by atoms with Gasteiger partial charge in [0.15, 0.2) is 0 Å². The SMILES string of the molecule is CN(C)C(CC(N)=O)N(C)C. The second-order valence-electron chi connectivity index (χ2n) is 3.08. The Kier molecular flexibility index (Phi) is 4.07. The van der Waals surface area contributed by atoms with Crippen LogP contribution in [0.25, 0.3) is 0 Å². The topological polar surface area (TPSA) is 49.6 Å². The molecule has 0 unspecified atom stereocenters. The fourth-order valence-corrected chi connectivity index (χ4v) is 1.01. The number of rotatable bonds is 4. The summed E-state index contributed by atoms with van der Waals surface area (Å²) < 4.78 is 0. The van der Waals surface area contributed by atoms with Gasteiger partial charge in [-0.3, -0.25) is 14.6 Å². The molecule has 4 nitrogen and oxygen atoms in total. The van der Waals surface area contributed by atoms with Crippen molar-refractivity contribution in [2.75, 3.05) is 28.2 Å². The number of nitrogens with two attached hydrogens (primary N) is 1. The van der Waals surface area contributed by atoms with E-state index in [2.05, 4.69) is 0 Å². The zero-order chi connectivity index (χ0) is 9.02. The van der Waals surface area contributed by atoms with Crippen molar-refractivity contribution in [2.45, 2.75) is 12.6 Å². The molecule has 4 heteroatoms. The molecule has 0 aromatic carbocycles. The number of hydrogen-bond acceptors (Lipinski definition) is 3. The fraction of sp³-hybridized carbons (Fsp3) is 0.857. The standard InChI is InChI=1S/C7H17N3O/c1-9(2)7(10(3)4)5-6(8)11/h7H,5H2,1-4H3,(H2,8,11). The Morgan fingerprint density at radius 3 is 1.73 bits per heavy atom. The highest BCUT2D eigenvalue weighted by molar-refractivity contribution is 5.74. The van der Waals surface area contributed by atoms with E-state index < -0.39 is 0 Å². The lowest BCUT2D eigenvalue weighted by Gasteiger charge is -2.29. The predicted octanol–water partition coefficient (Wildman–Crippen LogP) is -0.689. The van der Waals surface area contributed by atoms with Crippen molar-refractivity contribution in [1.29, 1.82) is 0 Å². The molecule has 66 valence electrons. The zero-order valence-electron chi connectivity index (χ0n) is 7.66. The normalized spacial score (nSPS) is 11.5. The first kappa shape index (κ1) is 10.4. The first-order chi connectivity index (χ1) is 4.95. The zero-order valence-corrected chi connectivity index (χ0v) is 7.66. The van der Waals surface area contributed by atoms with Crippen molar-refractivity contribution < 1.29 is 4.79 Å². The number of carbonyl (C=O) groups is 1. The van der Waals surface area contributed by atoms with Crippen molar-refractivity contribution in [3.63, 3.8) is 0 Å². The number of hydrogen-bond donors (Lipinski definition) is 1. The first-order valence-corrected chi connectivity index (χ1v) is 3.56. The minimum atomic E-state index is -0.266. The molecule has 2 N–H and O–H groups in total. The largest absolute Gasteiger partial charge is 0.370 e. The minimum Gasteiger partial charge on any atom is -0.370 e. The summed E-state index contributed by atoms with van der Waals surface area (Å²) in [5.74, 6) is -0.266. The average Bonchev–Trinajstić information content (AvgIpc) is 1.81. The number of amides is 1. The van der Waals surface area contributed by atoms with Gasteiger partial charge in [-0.15, -0.1) is 0 Å². The van der Waals surface area contributed by atoms with E-state index in [9.17, 15) is 4.79 Å². The maximum atomic E-state index is 10.6. The van der Waals surface area contributed by atoms with Crippen molar-refractivity contribution >= 4 is 5.91 Å². The molecule has 0 fully saturated rings. The Labute approximate surface area is 67.9 Å². The molecule has 0 aliphatic rings. The summed E-state index contributed by atoms with van der Waals surface area (Å²) in [5.41, 5.74) is 5.08. The lowest BCUT2D eigenvalue weighted by molar-refractivity contribution is -0.120. The maximum absolute atomic E-state index is 10.6. The summed E-state index contributed by atoms with van der Waals surface area (Å²) in [5, 5.41) is 0. The van der Waals surface area contributed by atoms with Gasteiger partial charge in [-0.25, -0.2) is 0 Å². The molecule has 0 atom stereocenters. The molecule has 1 amide bonds. The smallest absolute Gasteiger partial charge is 0.220 e. The summed E-state index contributed by atoms with van der Waals surface area (Å²) >= 11 is 0. The Balaban J connectivity index is 4.00. The molecule has 0 saturated carbocycles. The Morgan fingerprint density at radius 2 is 1.64 bits per heavy atom. The third-order valence-corrected chi connectivity index (χ3v) is 1.58. The summed E-state index contributed by atoms with van der Waals surface area (Å²) in [7, 11) is 7.70. The van der Waals surface area contributed by atoms with Gasteiger partial charge in [0.05, 0.1) is 12.6 Å². The molecular formula is C7H17N3O. The van der Waals surface area contributed by atoms with Crippen LogP contribution in [-0.4, -0.2) is 50.1 Å². The Hall–Kier alpha value is -0.610. The summed E-state index contributed by atoms with van der Waals surface area (Å²) in [4.78, 5) is 14.5. The van der Waals surface area contributed by atoms with Crippen LogP contribution in [0.4, 0.5) is 0 Å². The van der Waals surface area contributed by atoms with Gasteiger partial charge in [0, 0.05) is 0 Å². The van der Waals surface area contributed by atoms with Crippen molar-refractivity contribution in [2.24, 2.45) is 5.73 Å². The fourth-order valence-electron chi connectivity index (χ4n) is 1.01. The van der Waals surface area contributed by atoms with Gasteiger partial charge in [-0.2, -0.15) is 0 Å². The third-order valence-electron chi connectivity index (χ3n) is 1.58. The minimum absolute atomic E-state index is 0.104. The first-order valence-electron chi connectivity index (χ1n) is 3.56. The van der Waals surface area contributed by atoms with Crippen LogP contribution in [0.5, 0.6) is 0 Å². The van der Waals surface area contributed by atoms with Crippen LogP contribution in [-0.2, 0) is 4.79 Å². The van der Waals surface area contributed by atoms with Gasteiger partial charge in [0.1, 0.15) is 0 Å². The second kappa shape index (κ2) is 4.31. The number of nitrogens with zero attached hydrogens (tertiary/aromatic N) is 2. The molecule has 0 rings (SSSR count). The highest BCUT2D eigenvalue weighted by atomic mass is 16.1. The molecule has 0 heterocycles. The van der Waals surface area contributed by atoms with Crippen LogP contribution < -0.4 is 5.73 Å². The van der Waals surface area contributed by atoms with E-state index in [1.807, 2.05) is 38.0 Å². The lowest BCUT2D eigenvalue weighted by Crippen LogP contribution is -2.43. The number of primary amides is 1. The van der Waals surface area contributed by atoms with Crippen molar-refractivity contribution in [1.82, 2.24) is 9.80 Å². The molecule has 0 aromatic rings. The second-order valence-corrected chi connectivity index (χ2v) is 3.08. The van der Waals surface area contributed by atoms with E-state index in [-0.39, 0.29) is 12.1 Å². The molecule has 0 bridgehead atoms. The van der Waals surface area contributed by atoms with Crippen LogP contribution in [0, 0.1) is 0 Å². The van der Waals surface area contributed by atoms with Gasteiger partial charge in [0.25, 0.3) is 0 Å². The monoisotopic (exact) mass is 159 g/mol. The highest BCUT2D eigenvalue weighted by Gasteiger charge is 2.15. The third kappa shape index (κ3) is 3.95. The average molecular weight is 159 g/mol. The molecule has 11 heavy (non-hydrogen) atoms. The van der Waals surface area contributed by atoms with Gasteiger partial charge >= 0.3 is 0 Å². The molecular weight excluding hydrogens is 142 g/mol. The molecule has 0 aliphatic carbocycles. The van der Waals surface area contributed by atoms with Crippen molar-refractivity contribution in [3.8, 4) is 0 Å². The quantitative estimate of drug-likeness (QED) is 0.552. The van der Waals surface area contributed by atoms with Crippen molar-refractivity contribution in [3.05, 3.63) is 0 Å². The van der Waals surface area contributed by atoms with E-state index >= 15 is 0 Å².